The molecule has 0 spiro atoms. The molecule has 1 rings (SSSR count). The molecule has 1 fully saturated rings. The van der Waals surface area contributed by atoms with Gasteiger partial charge in [-0.25, -0.2) is 0 Å². The highest BCUT2D eigenvalue weighted by Crippen LogP contribution is 2.41. The van der Waals surface area contributed by atoms with Gasteiger partial charge in [-0.1, -0.05) is 27.7 Å². The van der Waals surface area contributed by atoms with Crippen LogP contribution in [-0.2, 0) is 0 Å². The molecule has 2 unspecified atom stereocenters. The summed E-state index contributed by atoms with van der Waals surface area (Å²) in [5, 5.41) is 22.3. The molecule has 0 radical (unpaired) electrons. The van der Waals surface area contributed by atoms with Crippen molar-refractivity contribution in [2.45, 2.75) is 58.5 Å². The number of hydrogen-bond donors (Lipinski definition) is 3. The summed E-state index contributed by atoms with van der Waals surface area (Å²) in [4.78, 5) is 0. The first-order valence-electron chi connectivity index (χ1n) is 6.37. The highest BCUT2D eigenvalue weighted by atomic mass is 16.3. The van der Waals surface area contributed by atoms with Crippen molar-refractivity contribution in [2.75, 3.05) is 13.2 Å². The molecular weight excluding hydrogens is 202 g/mol. The summed E-state index contributed by atoms with van der Waals surface area (Å²) in [5.41, 5.74) is -0.124. The highest BCUT2D eigenvalue weighted by molar-refractivity contribution is 4.97. The molecule has 3 nitrogen and oxygen atoms in total. The van der Waals surface area contributed by atoms with E-state index in [0.29, 0.717) is 17.4 Å². The molecule has 2 atom stereocenters. The number of nitrogens with one attached hydrogen (secondary N) is 1. The van der Waals surface area contributed by atoms with Crippen LogP contribution in [0, 0.1) is 11.3 Å². The van der Waals surface area contributed by atoms with Crippen LogP contribution in [0.4, 0.5) is 0 Å². The molecule has 3 heteroatoms. The van der Waals surface area contributed by atoms with E-state index in [0.717, 1.165) is 12.8 Å². The van der Waals surface area contributed by atoms with Crippen LogP contribution in [0.3, 0.4) is 0 Å². The maximum atomic E-state index is 9.43. The largest absolute Gasteiger partial charge is 0.394 e. The number of hydrogen-bond acceptors (Lipinski definition) is 3. The summed E-state index contributed by atoms with van der Waals surface area (Å²) in [7, 11) is 0. The lowest BCUT2D eigenvalue weighted by Crippen LogP contribution is -2.56. The molecule has 0 bridgehead atoms. The van der Waals surface area contributed by atoms with E-state index in [1.54, 1.807) is 0 Å². The standard InChI is InChI=1S/C13H27NO2/c1-5-13(8-15,9-16)14-11-7-12(3,4)6-10(11)2/h10-11,14-16H,5-9H2,1-4H3. The van der Waals surface area contributed by atoms with Gasteiger partial charge in [-0.2, -0.15) is 0 Å². The Bertz CT molecular complexity index is 216. The first kappa shape index (κ1) is 13.9. The van der Waals surface area contributed by atoms with E-state index in [9.17, 15) is 10.2 Å². The predicted octanol–water partition coefficient (Wildman–Crippen LogP) is 1.53. The fourth-order valence-electron chi connectivity index (χ4n) is 2.95. The molecule has 96 valence electrons. The zero-order valence-electron chi connectivity index (χ0n) is 11.1. The molecule has 0 aromatic carbocycles. The Morgan fingerprint density at radius 2 is 1.81 bits per heavy atom. The van der Waals surface area contributed by atoms with E-state index in [2.05, 4.69) is 26.1 Å². The van der Waals surface area contributed by atoms with Crippen LogP contribution < -0.4 is 5.32 Å². The average Bonchev–Trinajstić information content (AvgIpc) is 2.48. The fourth-order valence-corrected chi connectivity index (χ4v) is 2.95. The summed E-state index contributed by atoms with van der Waals surface area (Å²) in [6, 6.07) is 0.411. The van der Waals surface area contributed by atoms with Gasteiger partial charge in [0.2, 0.25) is 0 Å². The van der Waals surface area contributed by atoms with Gasteiger partial charge in [0.15, 0.2) is 0 Å². The molecule has 16 heavy (non-hydrogen) atoms. The van der Waals surface area contributed by atoms with E-state index >= 15 is 0 Å². The Hall–Kier alpha value is -0.120. The van der Waals surface area contributed by atoms with Crippen molar-refractivity contribution in [2.24, 2.45) is 11.3 Å². The molecule has 0 aliphatic heterocycles. The lowest BCUT2D eigenvalue weighted by molar-refractivity contribution is 0.0728. The second kappa shape index (κ2) is 5.03. The molecule has 0 aromatic rings. The normalized spacial score (nSPS) is 29.6. The second-order valence-electron chi connectivity index (χ2n) is 6.25. The lowest BCUT2D eigenvalue weighted by atomic mass is 9.90. The lowest BCUT2D eigenvalue weighted by Gasteiger charge is -2.35. The van der Waals surface area contributed by atoms with Crippen LogP contribution in [0.15, 0.2) is 0 Å². The molecule has 3 N–H and O–H groups in total. The molecular formula is C13H27NO2. The molecule has 1 aliphatic carbocycles. The molecule has 1 aliphatic rings. The van der Waals surface area contributed by atoms with Gasteiger partial charge in [-0.3, -0.25) is 0 Å². The maximum Gasteiger partial charge on any atom is 0.0647 e. The van der Waals surface area contributed by atoms with Gasteiger partial charge in [0, 0.05) is 6.04 Å². The SMILES string of the molecule is CCC(CO)(CO)NC1CC(C)(C)CC1C. The molecule has 0 saturated heterocycles. The minimum Gasteiger partial charge on any atom is -0.394 e. The number of aliphatic hydroxyl groups excluding tert-OH is 2. The third-order valence-corrected chi connectivity index (χ3v) is 4.11. The summed E-state index contributed by atoms with van der Waals surface area (Å²) in [6.45, 7) is 8.84. The smallest absolute Gasteiger partial charge is 0.0647 e. The Kier molecular flexibility index (Phi) is 4.38. The Balaban J connectivity index is 2.66. The molecule has 0 aromatic heterocycles. The van der Waals surface area contributed by atoms with E-state index in [4.69, 9.17) is 0 Å². The zero-order chi connectivity index (χ0) is 12.4. The van der Waals surface area contributed by atoms with Crippen molar-refractivity contribution in [1.82, 2.24) is 5.32 Å². The van der Waals surface area contributed by atoms with Gasteiger partial charge >= 0.3 is 0 Å². The van der Waals surface area contributed by atoms with Gasteiger partial charge < -0.3 is 15.5 Å². The van der Waals surface area contributed by atoms with Crippen LogP contribution in [0.25, 0.3) is 0 Å². The molecule has 1 saturated carbocycles. The van der Waals surface area contributed by atoms with E-state index in [1.165, 1.54) is 6.42 Å². The third-order valence-electron chi connectivity index (χ3n) is 4.11. The summed E-state index contributed by atoms with van der Waals surface area (Å²) in [5.74, 6) is 0.610. The van der Waals surface area contributed by atoms with Crippen LogP contribution >= 0.6 is 0 Å². The van der Waals surface area contributed by atoms with Crippen LogP contribution in [0.2, 0.25) is 0 Å². The maximum absolute atomic E-state index is 9.43. The van der Waals surface area contributed by atoms with Crippen molar-refractivity contribution < 1.29 is 10.2 Å². The second-order valence-corrected chi connectivity index (χ2v) is 6.25. The summed E-state index contributed by atoms with van der Waals surface area (Å²) in [6.07, 6.45) is 3.08. The van der Waals surface area contributed by atoms with Gasteiger partial charge in [-0.15, -0.1) is 0 Å². The van der Waals surface area contributed by atoms with E-state index < -0.39 is 5.54 Å². The first-order valence-corrected chi connectivity index (χ1v) is 6.37. The van der Waals surface area contributed by atoms with Gasteiger partial charge in [0.1, 0.15) is 0 Å². The van der Waals surface area contributed by atoms with Crippen LogP contribution in [0.1, 0.15) is 47.0 Å². The minimum atomic E-state index is -0.501. The average molecular weight is 229 g/mol. The monoisotopic (exact) mass is 229 g/mol. The van der Waals surface area contributed by atoms with Crippen molar-refractivity contribution in [3.8, 4) is 0 Å². The Morgan fingerprint density at radius 1 is 1.25 bits per heavy atom. The van der Waals surface area contributed by atoms with Crippen molar-refractivity contribution in [1.29, 1.82) is 0 Å². The molecule has 0 heterocycles. The topological polar surface area (TPSA) is 52.5 Å². The van der Waals surface area contributed by atoms with Crippen LogP contribution in [-0.4, -0.2) is 35.0 Å². The van der Waals surface area contributed by atoms with Crippen LogP contribution in [0.5, 0.6) is 0 Å². The number of rotatable bonds is 5. The summed E-state index contributed by atoms with van der Waals surface area (Å²) < 4.78 is 0. The van der Waals surface area contributed by atoms with E-state index in [1.807, 2.05) is 6.92 Å². The van der Waals surface area contributed by atoms with Crippen molar-refractivity contribution >= 4 is 0 Å². The van der Waals surface area contributed by atoms with E-state index in [-0.39, 0.29) is 13.2 Å². The summed E-state index contributed by atoms with van der Waals surface area (Å²) >= 11 is 0. The number of aliphatic hydroxyl groups is 2. The Labute approximate surface area is 99.3 Å². The van der Waals surface area contributed by atoms with Crippen molar-refractivity contribution in [3.63, 3.8) is 0 Å². The Morgan fingerprint density at radius 3 is 2.12 bits per heavy atom. The minimum absolute atomic E-state index is 0.00362. The predicted molar refractivity (Wildman–Crippen MR) is 66.3 cm³/mol. The molecule has 0 amide bonds. The van der Waals surface area contributed by atoms with Gasteiger partial charge in [0.05, 0.1) is 18.8 Å². The van der Waals surface area contributed by atoms with Crippen molar-refractivity contribution in [3.05, 3.63) is 0 Å². The van der Waals surface area contributed by atoms with Gasteiger partial charge in [0.25, 0.3) is 0 Å². The quantitative estimate of drug-likeness (QED) is 0.670. The third kappa shape index (κ3) is 2.96. The first-order chi connectivity index (χ1) is 7.38. The highest BCUT2D eigenvalue weighted by Gasteiger charge is 2.40. The van der Waals surface area contributed by atoms with Gasteiger partial charge in [-0.05, 0) is 30.6 Å². The fraction of sp³-hybridized carbons (Fsp3) is 1.00. The zero-order valence-corrected chi connectivity index (χ0v) is 11.1.